The molecule has 1 heterocycles. The van der Waals surface area contributed by atoms with E-state index in [1.165, 1.54) is 5.56 Å². The van der Waals surface area contributed by atoms with E-state index in [0.29, 0.717) is 6.42 Å². The highest BCUT2D eigenvalue weighted by Crippen LogP contribution is 2.28. The smallest absolute Gasteiger partial charge is 0.158 e. The van der Waals surface area contributed by atoms with E-state index in [4.69, 9.17) is 9.47 Å². The molecule has 1 fully saturated rings. The maximum atomic E-state index is 9.19. The Morgan fingerprint density at radius 2 is 1.88 bits per heavy atom. The molecule has 0 amide bonds. The molecule has 1 N–H and O–H groups in total. The highest BCUT2D eigenvalue weighted by molar-refractivity contribution is 5.27. The van der Waals surface area contributed by atoms with Crippen molar-refractivity contribution >= 4 is 0 Å². The second-order valence-electron chi connectivity index (χ2n) is 6.33. The second-order valence-corrected chi connectivity index (χ2v) is 6.33. The number of benzene rings is 2. The summed E-state index contributed by atoms with van der Waals surface area (Å²) in [4.78, 5) is 0. The molecule has 0 aromatic heterocycles. The fraction of sp³-hybridized carbons (Fsp3) is 0.429. The van der Waals surface area contributed by atoms with Crippen LogP contribution in [0.1, 0.15) is 42.1 Å². The monoisotopic (exact) mass is 326 g/mol. The summed E-state index contributed by atoms with van der Waals surface area (Å²) in [6.45, 7) is 0.951. The first-order valence-corrected chi connectivity index (χ1v) is 8.86. The molecule has 0 aliphatic carbocycles. The van der Waals surface area contributed by atoms with Crippen LogP contribution in [0.25, 0.3) is 0 Å². The zero-order valence-corrected chi connectivity index (χ0v) is 14.1. The first-order chi connectivity index (χ1) is 11.8. The molecule has 0 spiro atoms. The average Bonchev–Trinajstić information content (AvgIpc) is 2.63. The van der Waals surface area contributed by atoms with E-state index in [-0.39, 0.29) is 19.0 Å². The molecule has 2 atom stereocenters. The van der Waals surface area contributed by atoms with Crippen LogP contribution in [0.5, 0.6) is 0 Å². The van der Waals surface area contributed by atoms with Gasteiger partial charge in [0.05, 0.1) is 6.10 Å². The first-order valence-electron chi connectivity index (χ1n) is 8.86. The lowest BCUT2D eigenvalue weighted by Gasteiger charge is -2.28. The summed E-state index contributed by atoms with van der Waals surface area (Å²) >= 11 is 0. The van der Waals surface area contributed by atoms with Crippen LogP contribution in [0.15, 0.2) is 54.6 Å². The summed E-state index contributed by atoms with van der Waals surface area (Å²) < 4.78 is 12.1. The van der Waals surface area contributed by atoms with Crippen molar-refractivity contribution in [2.45, 2.75) is 44.5 Å². The van der Waals surface area contributed by atoms with Gasteiger partial charge in [0.2, 0.25) is 0 Å². The SMILES string of the molecule is OCCc1cccc([C@H](Cc2ccccc2)OC2CCCCO2)c1. The lowest BCUT2D eigenvalue weighted by molar-refractivity contribution is -0.189. The van der Waals surface area contributed by atoms with Gasteiger partial charge in [0, 0.05) is 19.6 Å². The molecule has 1 unspecified atom stereocenters. The van der Waals surface area contributed by atoms with Gasteiger partial charge >= 0.3 is 0 Å². The van der Waals surface area contributed by atoms with Gasteiger partial charge in [-0.25, -0.2) is 0 Å². The van der Waals surface area contributed by atoms with Crippen molar-refractivity contribution in [1.29, 1.82) is 0 Å². The fourth-order valence-corrected chi connectivity index (χ4v) is 3.15. The van der Waals surface area contributed by atoms with Crippen LogP contribution in [-0.4, -0.2) is 24.6 Å². The minimum Gasteiger partial charge on any atom is -0.396 e. The second kappa shape index (κ2) is 8.97. The zero-order valence-electron chi connectivity index (χ0n) is 14.1. The van der Waals surface area contributed by atoms with E-state index >= 15 is 0 Å². The molecular weight excluding hydrogens is 300 g/mol. The Kier molecular flexibility index (Phi) is 6.41. The number of ether oxygens (including phenoxy) is 2. The summed E-state index contributed by atoms with van der Waals surface area (Å²) in [5.74, 6) is 0. The first kappa shape index (κ1) is 17.2. The molecule has 2 aromatic carbocycles. The Hall–Kier alpha value is -1.68. The van der Waals surface area contributed by atoms with Gasteiger partial charge in [0.15, 0.2) is 6.29 Å². The van der Waals surface area contributed by atoms with Gasteiger partial charge in [0.1, 0.15) is 0 Å². The molecular formula is C21H26O3. The minimum atomic E-state index is -0.117. The minimum absolute atomic E-state index is 0.0332. The molecule has 1 aliphatic heterocycles. The Morgan fingerprint density at radius 1 is 1.04 bits per heavy atom. The summed E-state index contributed by atoms with van der Waals surface area (Å²) in [6.07, 6.45) is 4.59. The maximum Gasteiger partial charge on any atom is 0.158 e. The average molecular weight is 326 g/mol. The standard InChI is InChI=1S/C21H26O3/c22-13-12-18-9-6-10-19(15-18)20(16-17-7-2-1-3-8-17)24-21-11-4-5-14-23-21/h1-3,6-10,15,20-22H,4-5,11-14,16H2/t20-,21?/m0/s1. The normalized spacial score (nSPS) is 19.1. The molecule has 3 rings (SSSR count). The van der Waals surface area contributed by atoms with Gasteiger partial charge < -0.3 is 14.6 Å². The summed E-state index contributed by atoms with van der Waals surface area (Å²) in [7, 11) is 0. The molecule has 1 saturated heterocycles. The van der Waals surface area contributed by atoms with Crippen molar-refractivity contribution in [2.75, 3.05) is 13.2 Å². The van der Waals surface area contributed by atoms with E-state index < -0.39 is 0 Å². The Balaban J connectivity index is 1.78. The van der Waals surface area contributed by atoms with Gasteiger partial charge in [-0.05, 0) is 42.4 Å². The van der Waals surface area contributed by atoms with Crippen LogP contribution < -0.4 is 0 Å². The molecule has 3 nitrogen and oxygen atoms in total. The van der Waals surface area contributed by atoms with Crippen LogP contribution in [0.4, 0.5) is 0 Å². The number of hydrogen-bond acceptors (Lipinski definition) is 3. The summed E-state index contributed by atoms with van der Waals surface area (Å²) in [5.41, 5.74) is 3.55. The molecule has 24 heavy (non-hydrogen) atoms. The highest BCUT2D eigenvalue weighted by Gasteiger charge is 2.21. The third kappa shape index (κ3) is 4.91. The van der Waals surface area contributed by atoms with E-state index in [1.807, 2.05) is 12.1 Å². The fourth-order valence-electron chi connectivity index (χ4n) is 3.15. The molecule has 0 bridgehead atoms. The number of aliphatic hydroxyl groups excluding tert-OH is 1. The van der Waals surface area contributed by atoms with E-state index in [2.05, 4.69) is 42.5 Å². The Labute approximate surface area is 144 Å². The number of hydrogen-bond donors (Lipinski definition) is 1. The third-order valence-corrected chi connectivity index (χ3v) is 4.44. The van der Waals surface area contributed by atoms with Crippen LogP contribution in [0, 0.1) is 0 Å². The van der Waals surface area contributed by atoms with Crippen LogP contribution >= 0.6 is 0 Å². The quantitative estimate of drug-likeness (QED) is 0.834. The van der Waals surface area contributed by atoms with Crippen molar-refractivity contribution < 1.29 is 14.6 Å². The largest absolute Gasteiger partial charge is 0.396 e. The van der Waals surface area contributed by atoms with Crippen molar-refractivity contribution in [3.63, 3.8) is 0 Å². The Morgan fingerprint density at radius 3 is 2.62 bits per heavy atom. The van der Waals surface area contributed by atoms with E-state index in [9.17, 15) is 5.11 Å². The zero-order chi connectivity index (χ0) is 16.6. The number of rotatable bonds is 7. The maximum absolute atomic E-state index is 9.19. The molecule has 1 aliphatic rings. The Bertz CT molecular complexity index is 605. The summed E-state index contributed by atoms with van der Waals surface area (Å²) in [6, 6.07) is 18.8. The van der Waals surface area contributed by atoms with Gasteiger partial charge in [-0.1, -0.05) is 54.6 Å². The van der Waals surface area contributed by atoms with Gasteiger partial charge in [-0.15, -0.1) is 0 Å². The lowest BCUT2D eigenvalue weighted by atomic mass is 9.98. The highest BCUT2D eigenvalue weighted by atomic mass is 16.7. The van der Waals surface area contributed by atoms with Crippen LogP contribution in [0.3, 0.4) is 0 Å². The molecule has 0 radical (unpaired) electrons. The molecule has 128 valence electrons. The predicted molar refractivity (Wildman–Crippen MR) is 94.8 cm³/mol. The molecule has 2 aromatic rings. The van der Waals surface area contributed by atoms with Gasteiger partial charge in [0.25, 0.3) is 0 Å². The van der Waals surface area contributed by atoms with Gasteiger partial charge in [-0.2, -0.15) is 0 Å². The third-order valence-electron chi connectivity index (χ3n) is 4.44. The topological polar surface area (TPSA) is 38.7 Å². The van der Waals surface area contributed by atoms with Crippen molar-refractivity contribution in [3.05, 3.63) is 71.3 Å². The molecule has 0 saturated carbocycles. The van der Waals surface area contributed by atoms with Crippen molar-refractivity contribution in [1.82, 2.24) is 0 Å². The van der Waals surface area contributed by atoms with Crippen LogP contribution in [0.2, 0.25) is 0 Å². The van der Waals surface area contributed by atoms with Gasteiger partial charge in [-0.3, -0.25) is 0 Å². The summed E-state index contributed by atoms with van der Waals surface area (Å²) in [5, 5.41) is 9.19. The van der Waals surface area contributed by atoms with Crippen molar-refractivity contribution in [2.24, 2.45) is 0 Å². The van der Waals surface area contributed by atoms with E-state index in [0.717, 1.165) is 43.4 Å². The van der Waals surface area contributed by atoms with Crippen LogP contribution in [-0.2, 0) is 22.3 Å². The van der Waals surface area contributed by atoms with Crippen molar-refractivity contribution in [3.8, 4) is 0 Å². The predicted octanol–water partition coefficient (Wildman–Crippen LogP) is 4.05. The lowest BCUT2D eigenvalue weighted by Crippen LogP contribution is -2.25. The number of aliphatic hydroxyl groups is 1. The molecule has 3 heteroatoms. The van der Waals surface area contributed by atoms with E-state index in [1.54, 1.807) is 0 Å².